The molecule has 0 atom stereocenters. The summed E-state index contributed by atoms with van der Waals surface area (Å²) in [5, 5.41) is 27.1. The Morgan fingerprint density at radius 2 is 0.627 bits per heavy atom. The van der Waals surface area contributed by atoms with Crippen molar-refractivity contribution in [2.45, 2.75) is 14.9 Å². The highest BCUT2D eigenvalue weighted by molar-refractivity contribution is 5.88. The minimum absolute atomic E-state index is 0. The average Bonchev–Trinajstić information content (AvgIpc) is 1.67. The zero-order valence-corrected chi connectivity index (χ0v) is 54.4. The molecular weight excluding hydrogens is 1260 g/mol. The number of carbonyl (C=O) groups is 1. The van der Waals surface area contributed by atoms with E-state index in [0.29, 0.717) is 5.56 Å². The second kappa shape index (κ2) is 33.3. The smallest absolute Gasteiger partial charge is 0.335 e. The molecule has 102 heavy (non-hydrogen) atoms. The number of methoxy groups -OCH3 is 1. The molecule has 0 saturated carbocycles. The number of para-hydroxylation sites is 8. The third-order valence-electron chi connectivity index (χ3n) is 16.5. The number of hydrogen-bond acceptors (Lipinski definition) is 8. The van der Waals surface area contributed by atoms with E-state index in [4.69, 9.17) is 15.1 Å². The van der Waals surface area contributed by atoms with Gasteiger partial charge in [-0.3, -0.25) is 18.3 Å². The quantitative estimate of drug-likeness (QED) is 0.101. The predicted octanol–water partition coefficient (Wildman–Crippen LogP) is 21.3. The van der Waals surface area contributed by atoms with E-state index in [1.807, 2.05) is 213 Å². The summed E-state index contributed by atoms with van der Waals surface area (Å²) in [5.74, 6) is 0.230. The number of benzene rings is 12. The molecule has 0 unspecified atom stereocenters. The average molecular weight is 1330 g/mol. The summed E-state index contributed by atoms with van der Waals surface area (Å²) >= 11 is 0. The molecule has 2 N–H and O–H groups in total. The molecule has 13 heteroatoms. The molecule has 0 bridgehead atoms. The molecule has 4 heterocycles. The first-order valence-electron chi connectivity index (χ1n) is 32.3. The van der Waals surface area contributed by atoms with Crippen LogP contribution in [0, 0.1) is 11.3 Å². The molecule has 0 spiro atoms. The Kier molecular flexibility index (Phi) is 22.7. The Morgan fingerprint density at radius 1 is 0.353 bits per heavy atom. The van der Waals surface area contributed by atoms with Crippen molar-refractivity contribution < 1.29 is 19.7 Å². The molecule has 0 aliphatic carbocycles. The van der Waals surface area contributed by atoms with Crippen LogP contribution in [0.4, 0.5) is 0 Å². The third kappa shape index (κ3) is 17.2. The van der Waals surface area contributed by atoms with Crippen molar-refractivity contribution >= 4 is 98.7 Å². The van der Waals surface area contributed by atoms with Crippen molar-refractivity contribution in [1.82, 2.24) is 38.2 Å². The summed E-state index contributed by atoms with van der Waals surface area (Å²) in [6.45, 7) is 0. The van der Waals surface area contributed by atoms with Crippen LogP contribution in [-0.4, -0.2) is 61.5 Å². The maximum atomic E-state index is 10.9. The van der Waals surface area contributed by atoms with Crippen LogP contribution < -0.4 is 4.74 Å². The molecule has 0 aliphatic rings. The largest absolute Gasteiger partial charge is 0.508 e. The minimum atomic E-state index is -0.916. The molecule has 0 fully saturated rings. The molecule has 13 nitrogen and oxygen atoms in total. The number of nitrogens with zero attached hydrogens (tertiary/aromatic N) is 9. The van der Waals surface area contributed by atoms with E-state index in [-0.39, 0.29) is 26.2 Å². The number of aromatic nitrogens is 8. The van der Waals surface area contributed by atoms with Gasteiger partial charge >= 0.3 is 5.97 Å². The van der Waals surface area contributed by atoms with E-state index < -0.39 is 5.97 Å². The van der Waals surface area contributed by atoms with Crippen LogP contribution in [0.2, 0.25) is 0 Å². The van der Waals surface area contributed by atoms with E-state index in [1.165, 1.54) is 0 Å². The van der Waals surface area contributed by atoms with Gasteiger partial charge in [0.05, 0.1) is 68.4 Å². The molecule has 0 saturated heterocycles. The van der Waals surface area contributed by atoms with E-state index in [9.17, 15) is 9.90 Å². The number of ether oxygens (including phenoxy) is 1. The summed E-state index contributed by atoms with van der Waals surface area (Å²) < 4.78 is 13.5. The SMILES string of the molecule is C.C.COc1ccc(/C=C/c2cccc(-n3cnc4ccccc43)c2)cc1.N#Cc1ccc(/C=C/c2cccc(-n3cnc4ccccc43)c2)cc1.O=C(O)c1ccc(/C=C/c2cccc(-n3cnc4ccccc43)c2)cc1.Oc1ccc(/C=C/c2cccc(-n3cnc4ccccc43)c2)cc1. The molecule has 0 aliphatic heterocycles. The predicted molar refractivity (Wildman–Crippen MR) is 419 cm³/mol. The third-order valence-corrected chi connectivity index (χ3v) is 16.5. The number of phenols is 1. The highest BCUT2D eigenvalue weighted by Crippen LogP contribution is 2.26. The fourth-order valence-corrected chi connectivity index (χ4v) is 11.2. The number of imidazole rings is 4. The fraction of sp³-hybridized carbons (Fsp3) is 0.0337. The Bertz CT molecular complexity index is 5650. The lowest BCUT2D eigenvalue weighted by molar-refractivity contribution is 0.0696. The molecule has 498 valence electrons. The molecule has 0 amide bonds. The number of rotatable bonds is 14. The van der Waals surface area contributed by atoms with Crippen LogP contribution in [0.3, 0.4) is 0 Å². The standard InChI is InChI=1S/C22H15N3.C22H16N2O2.C22H18N2O.C21H16N2O.2CH4/c23-15-19-12-9-17(10-13-19)8-11-18-4-3-5-20(14-18)25-16-24-21-6-1-2-7-22(21)25;25-22(26)18-12-10-16(11-13-18)8-9-17-4-3-5-19(14-17)24-15-23-20-6-1-2-7-21(20)24;1-25-20-13-11-17(12-14-20)9-10-18-5-4-6-19(15-18)24-16-23-21-7-2-3-8-22(21)24;24-19-12-10-16(11-13-19)8-9-17-4-3-5-18(14-17)23-15-22-20-6-1-2-7-21(20)23;;/h1-14,16H;1-15H,(H,25,26);2-16H,1H3;1-15,24H;2*1H4/b11-8+;9-8+;10-9+;9-8+;;. The van der Waals surface area contributed by atoms with Gasteiger partial charge in [-0.05, 0) is 190 Å². The van der Waals surface area contributed by atoms with Gasteiger partial charge in [0.2, 0.25) is 0 Å². The zero-order chi connectivity index (χ0) is 68.4. The van der Waals surface area contributed by atoms with E-state index >= 15 is 0 Å². The number of aromatic carboxylic acids is 1. The lowest BCUT2D eigenvalue weighted by atomic mass is 10.1. The zero-order valence-electron chi connectivity index (χ0n) is 54.4. The van der Waals surface area contributed by atoms with Crippen LogP contribution in [0.15, 0.2) is 316 Å². The second-order valence-corrected chi connectivity index (χ2v) is 23.2. The van der Waals surface area contributed by atoms with Gasteiger partial charge < -0.3 is 14.9 Å². The summed E-state index contributed by atoms with van der Waals surface area (Å²) in [6.07, 6.45) is 23.8. The number of aromatic hydroxyl groups is 1. The van der Waals surface area contributed by atoms with Gasteiger partial charge in [-0.2, -0.15) is 5.26 Å². The minimum Gasteiger partial charge on any atom is -0.508 e. The number of fused-ring (bicyclic) bond motifs is 4. The van der Waals surface area contributed by atoms with Gasteiger partial charge in [-0.25, -0.2) is 24.7 Å². The molecule has 0 radical (unpaired) electrons. The van der Waals surface area contributed by atoms with E-state index in [1.54, 1.807) is 43.5 Å². The van der Waals surface area contributed by atoms with Crippen LogP contribution >= 0.6 is 0 Å². The summed E-state index contributed by atoms with van der Waals surface area (Å²) in [4.78, 5) is 28.7. The lowest BCUT2D eigenvalue weighted by Gasteiger charge is -2.05. The summed E-state index contributed by atoms with van der Waals surface area (Å²) in [7, 11) is 1.68. The topological polar surface area (TPSA) is 162 Å². The fourth-order valence-electron chi connectivity index (χ4n) is 11.2. The van der Waals surface area contributed by atoms with Crippen LogP contribution in [0.25, 0.3) is 115 Å². The number of carboxylic acids is 1. The van der Waals surface area contributed by atoms with Gasteiger partial charge in [0.25, 0.3) is 0 Å². The second-order valence-electron chi connectivity index (χ2n) is 23.2. The van der Waals surface area contributed by atoms with Gasteiger partial charge in [-0.15, -0.1) is 0 Å². The highest BCUT2D eigenvalue weighted by atomic mass is 16.5. The van der Waals surface area contributed by atoms with Gasteiger partial charge in [0, 0.05) is 22.7 Å². The van der Waals surface area contributed by atoms with Crippen molar-refractivity contribution in [3.8, 4) is 40.3 Å². The summed E-state index contributed by atoms with van der Waals surface area (Å²) in [5.41, 5.74) is 22.2. The molecular formula is C89H73N9O4. The summed E-state index contributed by atoms with van der Waals surface area (Å²) in [6, 6.07) is 97.3. The van der Waals surface area contributed by atoms with Crippen molar-refractivity contribution in [3.05, 3.63) is 372 Å². The van der Waals surface area contributed by atoms with Crippen LogP contribution in [-0.2, 0) is 0 Å². The van der Waals surface area contributed by atoms with Crippen molar-refractivity contribution in [2.24, 2.45) is 0 Å². The van der Waals surface area contributed by atoms with Crippen LogP contribution in [0.1, 0.15) is 75.3 Å². The monoisotopic (exact) mass is 1330 g/mol. The Balaban J connectivity index is 0.000000136. The number of phenolic OH excluding ortho intramolecular Hbond substituents is 1. The van der Waals surface area contributed by atoms with Crippen molar-refractivity contribution in [2.75, 3.05) is 7.11 Å². The number of nitriles is 1. The van der Waals surface area contributed by atoms with Gasteiger partial charge in [0.15, 0.2) is 0 Å². The Hall–Kier alpha value is -14.0. The Labute approximate surface area is 593 Å². The molecule has 4 aromatic heterocycles. The van der Waals surface area contributed by atoms with Gasteiger partial charge in [-0.1, -0.05) is 209 Å². The molecule has 16 rings (SSSR count). The lowest BCUT2D eigenvalue weighted by Crippen LogP contribution is -1.94. The molecule has 12 aromatic carbocycles. The maximum absolute atomic E-state index is 10.9. The highest BCUT2D eigenvalue weighted by Gasteiger charge is 2.09. The molecule has 16 aromatic rings. The van der Waals surface area contributed by atoms with E-state index in [0.717, 1.165) is 117 Å². The number of hydrogen-bond donors (Lipinski definition) is 2. The first-order chi connectivity index (χ1) is 49.2. The normalized spacial score (nSPS) is 11.0. The number of carboxylic acid groups (broad SMARTS) is 1. The Morgan fingerprint density at radius 3 is 0.922 bits per heavy atom. The van der Waals surface area contributed by atoms with Crippen molar-refractivity contribution in [3.63, 3.8) is 0 Å². The van der Waals surface area contributed by atoms with E-state index in [2.05, 4.69) is 160 Å². The van der Waals surface area contributed by atoms with Gasteiger partial charge in [0.1, 0.15) is 36.8 Å². The van der Waals surface area contributed by atoms with Crippen LogP contribution in [0.5, 0.6) is 11.5 Å². The maximum Gasteiger partial charge on any atom is 0.335 e. The van der Waals surface area contributed by atoms with Crippen molar-refractivity contribution in [1.29, 1.82) is 5.26 Å². The first-order valence-corrected chi connectivity index (χ1v) is 32.3. The first kappa shape index (κ1) is 69.4.